The van der Waals surface area contributed by atoms with Crippen LogP contribution in [0.25, 0.3) is 0 Å². The molecule has 2 aromatic rings. The minimum Gasteiger partial charge on any atom is -0.424 e. The second-order valence-corrected chi connectivity index (χ2v) is 5.39. The minimum absolute atomic E-state index is 0.159. The number of rotatable bonds is 3. The first-order chi connectivity index (χ1) is 10.9. The van der Waals surface area contributed by atoms with Gasteiger partial charge in [0.15, 0.2) is 0 Å². The SMILES string of the molecule is Cc1nnc(CN2CCOC(c3ccccc3C(F)(F)F)C2)o1. The summed E-state index contributed by atoms with van der Waals surface area (Å²) in [6.45, 7) is 3.39. The van der Waals surface area contributed by atoms with E-state index in [1.54, 1.807) is 13.0 Å². The van der Waals surface area contributed by atoms with Gasteiger partial charge in [-0.3, -0.25) is 4.90 Å². The van der Waals surface area contributed by atoms with E-state index in [2.05, 4.69) is 10.2 Å². The van der Waals surface area contributed by atoms with Crippen LogP contribution in [0.1, 0.15) is 29.0 Å². The third-order valence-corrected chi connectivity index (χ3v) is 3.69. The van der Waals surface area contributed by atoms with Crippen LogP contribution in [0.15, 0.2) is 28.7 Å². The second-order valence-electron chi connectivity index (χ2n) is 5.39. The van der Waals surface area contributed by atoms with Crippen LogP contribution in [0.2, 0.25) is 0 Å². The van der Waals surface area contributed by atoms with Gasteiger partial charge in [0.25, 0.3) is 0 Å². The fraction of sp³-hybridized carbons (Fsp3) is 0.467. The maximum Gasteiger partial charge on any atom is 0.416 e. The molecular formula is C15H16F3N3O2. The molecule has 0 spiro atoms. The first kappa shape index (κ1) is 15.9. The van der Waals surface area contributed by atoms with Gasteiger partial charge in [0, 0.05) is 20.0 Å². The lowest BCUT2D eigenvalue weighted by Gasteiger charge is -2.33. The lowest BCUT2D eigenvalue weighted by atomic mass is 10.0. The average Bonchev–Trinajstić information content (AvgIpc) is 2.92. The molecule has 0 radical (unpaired) electrons. The predicted molar refractivity (Wildman–Crippen MR) is 74.4 cm³/mol. The number of aryl methyl sites for hydroxylation is 1. The van der Waals surface area contributed by atoms with Crippen molar-refractivity contribution in [1.82, 2.24) is 15.1 Å². The number of halogens is 3. The zero-order chi connectivity index (χ0) is 16.4. The van der Waals surface area contributed by atoms with Crippen LogP contribution in [-0.2, 0) is 17.5 Å². The summed E-state index contributed by atoms with van der Waals surface area (Å²) in [4.78, 5) is 1.95. The van der Waals surface area contributed by atoms with Gasteiger partial charge in [-0.15, -0.1) is 10.2 Å². The second kappa shape index (κ2) is 6.29. The van der Waals surface area contributed by atoms with Gasteiger partial charge in [-0.05, 0) is 11.6 Å². The van der Waals surface area contributed by atoms with Crippen molar-refractivity contribution in [3.63, 3.8) is 0 Å². The standard InChI is InChI=1S/C15H16F3N3O2/c1-10-19-20-14(23-10)9-21-6-7-22-13(8-21)11-4-2-3-5-12(11)15(16,17)18/h2-5,13H,6-9H2,1H3. The van der Waals surface area contributed by atoms with Crippen LogP contribution in [-0.4, -0.2) is 34.8 Å². The number of nitrogens with zero attached hydrogens (tertiary/aromatic N) is 3. The van der Waals surface area contributed by atoms with Gasteiger partial charge in [-0.1, -0.05) is 18.2 Å². The van der Waals surface area contributed by atoms with E-state index in [0.29, 0.717) is 38.0 Å². The van der Waals surface area contributed by atoms with E-state index < -0.39 is 17.8 Å². The molecule has 5 nitrogen and oxygen atoms in total. The molecule has 1 aromatic heterocycles. The molecule has 1 aromatic carbocycles. The van der Waals surface area contributed by atoms with E-state index in [1.165, 1.54) is 12.1 Å². The van der Waals surface area contributed by atoms with Gasteiger partial charge in [0.05, 0.1) is 24.8 Å². The highest BCUT2D eigenvalue weighted by atomic mass is 19.4. The summed E-state index contributed by atoms with van der Waals surface area (Å²) >= 11 is 0. The van der Waals surface area contributed by atoms with Crippen molar-refractivity contribution in [2.45, 2.75) is 25.7 Å². The predicted octanol–water partition coefficient (Wildman–Crippen LogP) is 2.97. The monoisotopic (exact) mass is 327 g/mol. The number of benzene rings is 1. The Balaban J connectivity index is 1.76. The van der Waals surface area contributed by atoms with Crippen molar-refractivity contribution in [2.24, 2.45) is 0 Å². The normalized spacial score (nSPS) is 19.9. The zero-order valence-electron chi connectivity index (χ0n) is 12.5. The molecule has 1 aliphatic heterocycles. The Morgan fingerprint density at radius 2 is 2.04 bits per heavy atom. The maximum absolute atomic E-state index is 13.1. The molecule has 0 saturated carbocycles. The Bertz CT molecular complexity index is 672. The van der Waals surface area contributed by atoms with Gasteiger partial charge in [-0.2, -0.15) is 13.2 Å². The molecule has 1 aliphatic rings. The molecule has 0 N–H and O–H groups in total. The van der Waals surface area contributed by atoms with Gasteiger partial charge < -0.3 is 9.15 Å². The molecule has 0 aliphatic carbocycles. The van der Waals surface area contributed by atoms with Crippen molar-refractivity contribution >= 4 is 0 Å². The molecule has 0 bridgehead atoms. The van der Waals surface area contributed by atoms with Crippen LogP contribution in [0, 0.1) is 6.92 Å². The quantitative estimate of drug-likeness (QED) is 0.867. The van der Waals surface area contributed by atoms with Gasteiger partial charge in [0.1, 0.15) is 0 Å². The van der Waals surface area contributed by atoms with E-state index in [4.69, 9.17) is 9.15 Å². The summed E-state index contributed by atoms with van der Waals surface area (Å²) in [5.41, 5.74) is -0.494. The van der Waals surface area contributed by atoms with Crippen LogP contribution in [0.5, 0.6) is 0 Å². The number of aromatic nitrogens is 2. The Labute approximate surface area is 131 Å². The van der Waals surface area contributed by atoms with Crippen molar-refractivity contribution in [2.75, 3.05) is 19.7 Å². The molecule has 1 unspecified atom stereocenters. The molecule has 23 heavy (non-hydrogen) atoms. The van der Waals surface area contributed by atoms with E-state index >= 15 is 0 Å². The first-order valence-electron chi connectivity index (χ1n) is 7.22. The third-order valence-electron chi connectivity index (χ3n) is 3.69. The summed E-state index contributed by atoms with van der Waals surface area (Å²) in [7, 11) is 0. The largest absolute Gasteiger partial charge is 0.424 e. The Morgan fingerprint density at radius 1 is 1.26 bits per heavy atom. The van der Waals surface area contributed by atoms with E-state index in [-0.39, 0.29) is 5.56 Å². The van der Waals surface area contributed by atoms with E-state index in [1.807, 2.05) is 4.90 Å². The average molecular weight is 327 g/mol. The first-order valence-corrected chi connectivity index (χ1v) is 7.22. The highest BCUT2D eigenvalue weighted by Gasteiger charge is 2.36. The summed E-state index contributed by atoms with van der Waals surface area (Å²) in [6, 6.07) is 5.52. The zero-order valence-corrected chi connectivity index (χ0v) is 12.5. The van der Waals surface area contributed by atoms with Crippen LogP contribution in [0.4, 0.5) is 13.2 Å². The molecule has 1 atom stereocenters. The van der Waals surface area contributed by atoms with Crippen molar-refractivity contribution < 1.29 is 22.3 Å². The van der Waals surface area contributed by atoms with Gasteiger partial charge >= 0.3 is 6.18 Å². The maximum atomic E-state index is 13.1. The van der Waals surface area contributed by atoms with E-state index in [9.17, 15) is 13.2 Å². The third kappa shape index (κ3) is 3.70. The lowest BCUT2D eigenvalue weighted by Crippen LogP contribution is -2.38. The summed E-state index contributed by atoms with van der Waals surface area (Å²) in [5, 5.41) is 7.67. The molecule has 1 saturated heterocycles. The number of hydrogen-bond donors (Lipinski definition) is 0. The molecule has 124 valence electrons. The summed E-state index contributed by atoms with van der Waals surface area (Å²) < 4.78 is 50.3. The highest BCUT2D eigenvalue weighted by molar-refractivity contribution is 5.32. The molecule has 2 heterocycles. The highest BCUT2D eigenvalue weighted by Crippen LogP contribution is 2.36. The Morgan fingerprint density at radius 3 is 2.74 bits per heavy atom. The van der Waals surface area contributed by atoms with Crippen LogP contribution < -0.4 is 0 Å². The topological polar surface area (TPSA) is 51.4 Å². The smallest absolute Gasteiger partial charge is 0.416 e. The number of alkyl halides is 3. The lowest BCUT2D eigenvalue weighted by molar-refractivity contribution is -0.140. The molecular weight excluding hydrogens is 311 g/mol. The Hall–Kier alpha value is -1.93. The van der Waals surface area contributed by atoms with Crippen LogP contribution in [0.3, 0.4) is 0 Å². The fourth-order valence-corrected chi connectivity index (χ4v) is 2.66. The van der Waals surface area contributed by atoms with Crippen molar-refractivity contribution in [1.29, 1.82) is 0 Å². The minimum atomic E-state index is -4.40. The van der Waals surface area contributed by atoms with Crippen molar-refractivity contribution in [3.05, 3.63) is 47.2 Å². The fourth-order valence-electron chi connectivity index (χ4n) is 2.66. The number of morpholine rings is 1. The summed E-state index contributed by atoms with van der Waals surface area (Å²) in [6.07, 6.45) is -5.03. The number of ether oxygens (including phenoxy) is 1. The van der Waals surface area contributed by atoms with Gasteiger partial charge in [-0.25, -0.2) is 0 Å². The molecule has 8 heteroatoms. The van der Waals surface area contributed by atoms with E-state index in [0.717, 1.165) is 6.07 Å². The summed E-state index contributed by atoms with van der Waals surface area (Å²) in [5.74, 6) is 0.916. The van der Waals surface area contributed by atoms with Gasteiger partial charge in [0.2, 0.25) is 11.8 Å². The van der Waals surface area contributed by atoms with Crippen LogP contribution >= 0.6 is 0 Å². The number of hydrogen-bond acceptors (Lipinski definition) is 5. The molecule has 1 fully saturated rings. The van der Waals surface area contributed by atoms with Crippen molar-refractivity contribution in [3.8, 4) is 0 Å². The molecule has 3 rings (SSSR count). The molecule has 0 amide bonds. The Kier molecular flexibility index (Phi) is 4.36.